The van der Waals surface area contributed by atoms with Crippen molar-refractivity contribution in [1.29, 1.82) is 0 Å². The van der Waals surface area contributed by atoms with Crippen molar-refractivity contribution >= 4 is 11.6 Å². The molecule has 0 aliphatic carbocycles. The monoisotopic (exact) mass is 297 g/mol. The van der Waals surface area contributed by atoms with Gasteiger partial charge in [0.25, 0.3) is 0 Å². The number of benzene rings is 2. The van der Waals surface area contributed by atoms with E-state index in [0.29, 0.717) is 6.61 Å². The Kier molecular flexibility index (Phi) is 4.00. The quantitative estimate of drug-likeness (QED) is 0.874. The third-order valence-corrected chi connectivity index (χ3v) is 3.89. The highest BCUT2D eigenvalue weighted by Gasteiger charge is 2.30. The first-order valence-electron chi connectivity index (χ1n) is 7.33. The van der Waals surface area contributed by atoms with Gasteiger partial charge >= 0.3 is 0 Å². The fourth-order valence-electron chi connectivity index (χ4n) is 2.85. The van der Waals surface area contributed by atoms with Crippen molar-refractivity contribution in [2.24, 2.45) is 0 Å². The lowest BCUT2D eigenvalue weighted by molar-refractivity contribution is -0.117. The Bertz CT molecular complexity index is 666. The number of carbonyl (C=O) groups is 1. The molecule has 0 N–H and O–H groups in total. The van der Waals surface area contributed by atoms with Crippen LogP contribution in [0.25, 0.3) is 0 Å². The maximum atomic E-state index is 12.1. The van der Waals surface area contributed by atoms with E-state index in [4.69, 9.17) is 9.47 Å². The van der Waals surface area contributed by atoms with Crippen LogP contribution in [0.3, 0.4) is 0 Å². The summed E-state index contributed by atoms with van der Waals surface area (Å²) >= 11 is 0. The molecule has 1 aliphatic rings. The average molecular weight is 297 g/mol. The maximum absolute atomic E-state index is 12.1. The topological polar surface area (TPSA) is 38.8 Å². The Labute approximate surface area is 130 Å². The lowest BCUT2D eigenvalue weighted by Crippen LogP contribution is -2.47. The van der Waals surface area contributed by atoms with Gasteiger partial charge in [0, 0.05) is 6.92 Å². The van der Waals surface area contributed by atoms with Gasteiger partial charge in [-0.15, -0.1) is 0 Å². The van der Waals surface area contributed by atoms with Gasteiger partial charge in [0.15, 0.2) is 0 Å². The van der Waals surface area contributed by atoms with Crippen molar-refractivity contribution in [3.05, 3.63) is 54.1 Å². The smallest absolute Gasteiger partial charge is 0.224 e. The molecule has 0 radical (unpaired) electrons. The molecule has 0 bridgehead atoms. The zero-order chi connectivity index (χ0) is 15.5. The second kappa shape index (κ2) is 6.10. The molecule has 1 aliphatic heterocycles. The highest BCUT2D eigenvalue weighted by Crippen LogP contribution is 2.34. The zero-order valence-corrected chi connectivity index (χ0v) is 12.8. The fraction of sp³-hybridized carbons (Fsp3) is 0.278. The molecule has 0 saturated carbocycles. The minimum absolute atomic E-state index is 0.000736. The van der Waals surface area contributed by atoms with Crippen molar-refractivity contribution in [2.45, 2.75) is 19.4 Å². The van der Waals surface area contributed by atoms with Gasteiger partial charge in [0.05, 0.1) is 18.8 Å². The Morgan fingerprint density at radius 2 is 1.95 bits per heavy atom. The number of rotatable bonds is 3. The van der Waals surface area contributed by atoms with Crippen molar-refractivity contribution < 1.29 is 14.3 Å². The molecule has 1 atom stereocenters. The number of fused-ring (bicyclic) bond motifs is 1. The molecule has 0 spiro atoms. The van der Waals surface area contributed by atoms with Gasteiger partial charge < -0.3 is 14.4 Å². The number of nitrogens with zero attached hydrogens (tertiary/aromatic N) is 1. The molecule has 114 valence electrons. The molecule has 2 aromatic carbocycles. The molecular formula is C18H19NO3. The van der Waals surface area contributed by atoms with E-state index in [2.05, 4.69) is 0 Å². The van der Waals surface area contributed by atoms with E-state index < -0.39 is 0 Å². The second-order valence-corrected chi connectivity index (χ2v) is 5.37. The van der Waals surface area contributed by atoms with Crippen LogP contribution in [0, 0.1) is 0 Å². The van der Waals surface area contributed by atoms with Crippen LogP contribution in [0.4, 0.5) is 5.69 Å². The van der Waals surface area contributed by atoms with Crippen molar-refractivity contribution in [2.75, 3.05) is 18.6 Å². The summed E-state index contributed by atoms with van der Waals surface area (Å²) < 4.78 is 11.0. The molecule has 1 amide bonds. The second-order valence-electron chi connectivity index (χ2n) is 5.37. The van der Waals surface area contributed by atoms with Gasteiger partial charge in [0.2, 0.25) is 5.91 Å². The van der Waals surface area contributed by atoms with Gasteiger partial charge in [0.1, 0.15) is 18.1 Å². The Balaban J connectivity index is 1.85. The van der Waals surface area contributed by atoms with Crippen LogP contribution in [0.2, 0.25) is 0 Å². The van der Waals surface area contributed by atoms with Gasteiger partial charge in [-0.1, -0.05) is 24.3 Å². The number of methoxy groups -OCH3 is 1. The molecule has 3 rings (SSSR count). The van der Waals surface area contributed by atoms with Crippen molar-refractivity contribution in [3.8, 4) is 11.5 Å². The summed E-state index contributed by atoms with van der Waals surface area (Å²) in [6.45, 7) is 2.10. The minimum Gasteiger partial charge on any atom is -0.497 e. The van der Waals surface area contributed by atoms with Gasteiger partial charge in [-0.05, 0) is 36.2 Å². The molecule has 1 heterocycles. The normalized spacial score (nSPS) is 16.6. The van der Waals surface area contributed by atoms with E-state index in [1.807, 2.05) is 53.4 Å². The molecule has 0 aromatic heterocycles. The summed E-state index contributed by atoms with van der Waals surface area (Å²) in [4.78, 5) is 13.9. The number of carbonyl (C=O) groups excluding carboxylic acids is 1. The maximum Gasteiger partial charge on any atom is 0.224 e. The van der Waals surface area contributed by atoms with Crippen LogP contribution < -0.4 is 14.4 Å². The number of para-hydroxylation sites is 2. The molecule has 2 aromatic rings. The summed E-state index contributed by atoms with van der Waals surface area (Å²) in [5.41, 5.74) is 2.00. The van der Waals surface area contributed by atoms with Crippen LogP contribution in [0.5, 0.6) is 11.5 Å². The standard InChI is InChI=1S/C18H19NO3/c1-13(20)19-15(11-14-7-9-16(21-2)10-8-14)12-22-18-6-4-3-5-17(18)19/h3-10,15H,11-12H2,1-2H3/t15-/m1/s1. The lowest BCUT2D eigenvalue weighted by Gasteiger charge is -2.36. The van der Waals surface area contributed by atoms with Crippen molar-refractivity contribution in [1.82, 2.24) is 0 Å². The Hall–Kier alpha value is -2.49. The minimum atomic E-state index is 0.000736. The molecule has 4 heteroatoms. The van der Waals surface area contributed by atoms with E-state index in [9.17, 15) is 4.79 Å². The number of amides is 1. The number of hydrogen-bond acceptors (Lipinski definition) is 3. The zero-order valence-electron chi connectivity index (χ0n) is 12.8. The average Bonchev–Trinajstić information content (AvgIpc) is 2.55. The van der Waals surface area contributed by atoms with Crippen LogP contribution in [-0.4, -0.2) is 25.7 Å². The number of anilines is 1. The molecule has 0 saturated heterocycles. The van der Waals surface area contributed by atoms with E-state index in [0.717, 1.165) is 29.2 Å². The highest BCUT2D eigenvalue weighted by molar-refractivity contribution is 5.94. The van der Waals surface area contributed by atoms with Crippen LogP contribution in [-0.2, 0) is 11.2 Å². The molecule has 0 unspecified atom stereocenters. The first-order valence-corrected chi connectivity index (χ1v) is 7.33. The van der Waals surface area contributed by atoms with Crippen molar-refractivity contribution in [3.63, 3.8) is 0 Å². The summed E-state index contributed by atoms with van der Waals surface area (Å²) in [7, 11) is 1.65. The van der Waals surface area contributed by atoms with Gasteiger partial charge in [-0.25, -0.2) is 0 Å². The van der Waals surface area contributed by atoms with Crippen LogP contribution in [0.15, 0.2) is 48.5 Å². The van der Waals surface area contributed by atoms with E-state index in [1.165, 1.54) is 0 Å². The predicted octanol–water partition coefficient (Wildman–Crippen LogP) is 3.05. The molecule has 22 heavy (non-hydrogen) atoms. The first kappa shape index (κ1) is 14.4. The third kappa shape index (κ3) is 2.77. The number of hydrogen-bond donors (Lipinski definition) is 0. The summed E-state index contributed by atoms with van der Waals surface area (Å²) in [6.07, 6.45) is 0.748. The summed E-state index contributed by atoms with van der Waals surface area (Å²) in [5.74, 6) is 1.63. The molecule has 4 nitrogen and oxygen atoms in total. The first-order chi connectivity index (χ1) is 10.7. The molecule has 0 fully saturated rings. The highest BCUT2D eigenvalue weighted by atomic mass is 16.5. The third-order valence-electron chi connectivity index (χ3n) is 3.89. The summed E-state index contributed by atoms with van der Waals surface area (Å²) in [6, 6.07) is 15.6. The van der Waals surface area contributed by atoms with E-state index >= 15 is 0 Å². The Morgan fingerprint density at radius 3 is 2.64 bits per heavy atom. The van der Waals surface area contributed by atoms with Gasteiger partial charge in [-0.3, -0.25) is 4.79 Å². The van der Waals surface area contributed by atoms with Crippen LogP contribution >= 0.6 is 0 Å². The Morgan fingerprint density at radius 1 is 1.23 bits per heavy atom. The molecular weight excluding hydrogens is 278 g/mol. The van der Waals surface area contributed by atoms with E-state index in [1.54, 1.807) is 14.0 Å². The predicted molar refractivity (Wildman–Crippen MR) is 85.6 cm³/mol. The van der Waals surface area contributed by atoms with Crippen LogP contribution in [0.1, 0.15) is 12.5 Å². The SMILES string of the molecule is COc1ccc(C[C@@H]2COc3ccccc3N2C(C)=O)cc1. The fourth-order valence-corrected chi connectivity index (χ4v) is 2.85. The summed E-state index contributed by atoms with van der Waals surface area (Å²) in [5, 5.41) is 0. The number of ether oxygens (including phenoxy) is 2. The van der Waals surface area contributed by atoms with Gasteiger partial charge in [-0.2, -0.15) is 0 Å². The van der Waals surface area contributed by atoms with E-state index in [-0.39, 0.29) is 11.9 Å². The lowest BCUT2D eigenvalue weighted by atomic mass is 10.0. The largest absolute Gasteiger partial charge is 0.497 e.